The summed E-state index contributed by atoms with van der Waals surface area (Å²) in [6, 6.07) is 7.82. The van der Waals surface area contributed by atoms with Gasteiger partial charge in [0.2, 0.25) is 11.8 Å². The Balaban J connectivity index is 2.80. The Morgan fingerprint density at radius 1 is 1.04 bits per heavy atom. The van der Waals surface area contributed by atoms with E-state index in [1.165, 1.54) is 6.92 Å². The number of rotatable bonds is 7. The lowest BCUT2D eigenvalue weighted by Crippen LogP contribution is -2.51. The minimum Gasteiger partial charge on any atom is -0.461 e. The van der Waals surface area contributed by atoms with Crippen molar-refractivity contribution in [3.63, 3.8) is 0 Å². The molecule has 0 bridgehead atoms. The summed E-state index contributed by atoms with van der Waals surface area (Å²) in [4.78, 5) is 35.4. The van der Waals surface area contributed by atoms with Gasteiger partial charge in [0.25, 0.3) is 0 Å². The van der Waals surface area contributed by atoms with Crippen molar-refractivity contribution in [3.8, 4) is 0 Å². The Kier molecular flexibility index (Phi) is 7.25. The second-order valence-electron chi connectivity index (χ2n) is 5.66. The van der Waals surface area contributed by atoms with E-state index in [1.54, 1.807) is 20.8 Å². The third-order valence-corrected chi connectivity index (χ3v) is 3.05. The molecule has 6 nitrogen and oxygen atoms in total. The lowest BCUT2D eigenvalue weighted by Gasteiger charge is -2.21. The number of hydrogen-bond acceptors (Lipinski definition) is 4. The summed E-state index contributed by atoms with van der Waals surface area (Å²) in [7, 11) is 0. The molecule has 1 aromatic rings. The second-order valence-corrected chi connectivity index (χ2v) is 5.66. The molecule has 0 aliphatic heterocycles. The zero-order valence-corrected chi connectivity index (χ0v) is 14.0. The summed E-state index contributed by atoms with van der Waals surface area (Å²) in [5, 5.41) is 5.14. The predicted octanol–water partition coefficient (Wildman–Crippen LogP) is 1.19. The summed E-state index contributed by atoms with van der Waals surface area (Å²) in [5.74, 6) is -1.23. The normalized spacial score (nSPS) is 13.1. The van der Waals surface area contributed by atoms with Gasteiger partial charge in [0, 0.05) is 13.3 Å². The average molecular weight is 320 g/mol. The van der Waals surface area contributed by atoms with Crippen molar-refractivity contribution in [2.45, 2.75) is 52.3 Å². The molecule has 1 rings (SSSR count). The van der Waals surface area contributed by atoms with Crippen LogP contribution in [0.15, 0.2) is 30.3 Å². The van der Waals surface area contributed by atoms with Gasteiger partial charge in [-0.1, -0.05) is 30.3 Å². The van der Waals surface area contributed by atoms with E-state index >= 15 is 0 Å². The van der Waals surface area contributed by atoms with Crippen molar-refractivity contribution in [2.24, 2.45) is 0 Å². The fourth-order valence-corrected chi connectivity index (χ4v) is 2.02. The van der Waals surface area contributed by atoms with Crippen LogP contribution in [0, 0.1) is 0 Å². The standard InChI is InChI=1S/C17H24N2O4/c1-11(2)23-17(22)15(10-14-8-6-5-7-9-14)19-16(21)12(3)18-13(4)20/h5-9,11-12,15H,10H2,1-4H3,(H,18,20)(H,19,21)/t12-,15-/m0/s1. The van der Waals surface area contributed by atoms with Crippen LogP contribution in [0.3, 0.4) is 0 Å². The van der Waals surface area contributed by atoms with E-state index in [4.69, 9.17) is 4.74 Å². The van der Waals surface area contributed by atoms with Gasteiger partial charge in [0.15, 0.2) is 0 Å². The molecule has 0 spiro atoms. The van der Waals surface area contributed by atoms with Crippen molar-refractivity contribution in [1.82, 2.24) is 10.6 Å². The zero-order valence-electron chi connectivity index (χ0n) is 14.0. The monoisotopic (exact) mass is 320 g/mol. The van der Waals surface area contributed by atoms with E-state index in [0.29, 0.717) is 6.42 Å². The van der Waals surface area contributed by atoms with Crippen LogP contribution in [0.1, 0.15) is 33.3 Å². The largest absolute Gasteiger partial charge is 0.461 e. The molecule has 0 aliphatic carbocycles. The number of ether oxygens (including phenoxy) is 1. The number of benzene rings is 1. The smallest absolute Gasteiger partial charge is 0.329 e. The second kappa shape index (κ2) is 8.92. The van der Waals surface area contributed by atoms with E-state index in [0.717, 1.165) is 5.56 Å². The van der Waals surface area contributed by atoms with Gasteiger partial charge in [-0.15, -0.1) is 0 Å². The van der Waals surface area contributed by atoms with Crippen LogP contribution in [-0.2, 0) is 25.5 Å². The highest BCUT2D eigenvalue weighted by Crippen LogP contribution is 2.06. The maximum atomic E-state index is 12.2. The molecule has 126 valence electrons. The molecular formula is C17H24N2O4. The number of carbonyl (C=O) groups is 3. The maximum absolute atomic E-state index is 12.2. The molecule has 0 heterocycles. The van der Waals surface area contributed by atoms with Crippen LogP contribution in [0.4, 0.5) is 0 Å². The first-order chi connectivity index (χ1) is 10.8. The summed E-state index contributed by atoms with van der Waals surface area (Å²) in [6.45, 7) is 6.39. The first-order valence-corrected chi connectivity index (χ1v) is 7.61. The van der Waals surface area contributed by atoms with Crippen LogP contribution in [0.5, 0.6) is 0 Å². The van der Waals surface area contributed by atoms with Crippen molar-refractivity contribution in [2.75, 3.05) is 0 Å². The van der Waals surface area contributed by atoms with E-state index in [-0.39, 0.29) is 12.0 Å². The van der Waals surface area contributed by atoms with E-state index in [2.05, 4.69) is 10.6 Å². The Labute approximate surface area is 136 Å². The first-order valence-electron chi connectivity index (χ1n) is 7.61. The Bertz CT molecular complexity index is 543. The maximum Gasteiger partial charge on any atom is 0.329 e. The number of amides is 2. The van der Waals surface area contributed by atoms with Crippen LogP contribution in [-0.4, -0.2) is 36.0 Å². The van der Waals surface area contributed by atoms with Gasteiger partial charge in [-0.2, -0.15) is 0 Å². The zero-order chi connectivity index (χ0) is 17.4. The van der Waals surface area contributed by atoms with E-state index in [9.17, 15) is 14.4 Å². The lowest BCUT2D eigenvalue weighted by molar-refractivity contribution is -0.151. The van der Waals surface area contributed by atoms with Crippen molar-refractivity contribution < 1.29 is 19.1 Å². The van der Waals surface area contributed by atoms with Gasteiger partial charge in [-0.05, 0) is 26.3 Å². The van der Waals surface area contributed by atoms with Gasteiger partial charge in [-0.3, -0.25) is 9.59 Å². The minimum atomic E-state index is -0.802. The summed E-state index contributed by atoms with van der Waals surface area (Å²) in [5.41, 5.74) is 0.908. The Hall–Kier alpha value is -2.37. The van der Waals surface area contributed by atoms with Crippen molar-refractivity contribution >= 4 is 17.8 Å². The highest BCUT2D eigenvalue weighted by molar-refractivity contribution is 5.90. The third-order valence-electron chi connectivity index (χ3n) is 3.05. The molecule has 2 atom stereocenters. The SMILES string of the molecule is CC(=O)N[C@@H](C)C(=O)N[C@@H](Cc1ccccc1)C(=O)OC(C)C. The fourth-order valence-electron chi connectivity index (χ4n) is 2.02. The fraction of sp³-hybridized carbons (Fsp3) is 0.471. The molecule has 0 radical (unpaired) electrons. The Morgan fingerprint density at radius 3 is 2.17 bits per heavy atom. The lowest BCUT2D eigenvalue weighted by atomic mass is 10.1. The molecule has 0 saturated carbocycles. The average Bonchev–Trinajstić information content (AvgIpc) is 2.46. The molecular weight excluding hydrogens is 296 g/mol. The number of carbonyl (C=O) groups excluding carboxylic acids is 3. The minimum absolute atomic E-state index is 0.273. The Morgan fingerprint density at radius 2 is 1.65 bits per heavy atom. The summed E-state index contributed by atoms with van der Waals surface area (Å²) < 4.78 is 5.21. The highest BCUT2D eigenvalue weighted by atomic mass is 16.5. The predicted molar refractivity (Wildman–Crippen MR) is 86.6 cm³/mol. The highest BCUT2D eigenvalue weighted by Gasteiger charge is 2.26. The van der Waals surface area contributed by atoms with Gasteiger partial charge in [0.05, 0.1) is 6.10 Å². The molecule has 2 amide bonds. The summed E-state index contributed by atoms with van der Waals surface area (Å²) >= 11 is 0. The van der Waals surface area contributed by atoms with Gasteiger partial charge in [0.1, 0.15) is 12.1 Å². The molecule has 0 aromatic heterocycles. The molecule has 23 heavy (non-hydrogen) atoms. The summed E-state index contributed by atoms with van der Waals surface area (Å²) in [6.07, 6.45) is 0.0516. The first kappa shape index (κ1) is 18.7. The quantitative estimate of drug-likeness (QED) is 0.739. The molecule has 6 heteroatoms. The molecule has 2 N–H and O–H groups in total. The van der Waals surface area contributed by atoms with Gasteiger partial charge in [-0.25, -0.2) is 4.79 Å². The number of hydrogen-bond donors (Lipinski definition) is 2. The van der Waals surface area contributed by atoms with E-state index < -0.39 is 24.0 Å². The van der Waals surface area contributed by atoms with Crippen molar-refractivity contribution in [3.05, 3.63) is 35.9 Å². The molecule has 0 saturated heterocycles. The van der Waals surface area contributed by atoms with Gasteiger partial charge < -0.3 is 15.4 Å². The molecule has 1 aromatic carbocycles. The number of nitrogens with one attached hydrogen (secondary N) is 2. The van der Waals surface area contributed by atoms with Crippen LogP contribution in [0.25, 0.3) is 0 Å². The molecule has 0 aliphatic rings. The topological polar surface area (TPSA) is 84.5 Å². The van der Waals surface area contributed by atoms with Crippen LogP contribution < -0.4 is 10.6 Å². The van der Waals surface area contributed by atoms with Crippen LogP contribution >= 0.6 is 0 Å². The number of esters is 1. The van der Waals surface area contributed by atoms with E-state index in [1.807, 2.05) is 30.3 Å². The molecule has 0 fully saturated rings. The van der Waals surface area contributed by atoms with Gasteiger partial charge >= 0.3 is 5.97 Å². The van der Waals surface area contributed by atoms with Crippen molar-refractivity contribution in [1.29, 1.82) is 0 Å². The van der Waals surface area contributed by atoms with Crippen LogP contribution in [0.2, 0.25) is 0 Å². The third kappa shape index (κ3) is 6.95. The molecule has 0 unspecified atom stereocenters.